The van der Waals surface area contributed by atoms with Crippen LogP contribution in [0.15, 0.2) is 18.2 Å². The lowest BCUT2D eigenvalue weighted by Crippen LogP contribution is -2.30. The van der Waals surface area contributed by atoms with E-state index in [9.17, 15) is 4.79 Å². The molecule has 0 saturated carbocycles. The van der Waals surface area contributed by atoms with E-state index in [-0.39, 0.29) is 12.6 Å². The summed E-state index contributed by atoms with van der Waals surface area (Å²) in [5.74, 6) is 0.163. The third-order valence-corrected chi connectivity index (χ3v) is 2.88. The Labute approximate surface area is 113 Å². The van der Waals surface area contributed by atoms with Crippen molar-refractivity contribution < 1.29 is 19.4 Å². The van der Waals surface area contributed by atoms with E-state index >= 15 is 0 Å². The summed E-state index contributed by atoms with van der Waals surface area (Å²) >= 11 is 0. The number of nitrogens with two attached hydrogens (primary N) is 1. The van der Waals surface area contributed by atoms with Gasteiger partial charge in [-0.3, -0.25) is 4.79 Å². The van der Waals surface area contributed by atoms with Crippen LogP contribution in [0.25, 0.3) is 0 Å². The quantitative estimate of drug-likeness (QED) is 0.825. The summed E-state index contributed by atoms with van der Waals surface area (Å²) in [6, 6.07) is 5.29. The Morgan fingerprint density at radius 3 is 2.53 bits per heavy atom. The van der Waals surface area contributed by atoms with E-state index in [2.05, 4.69) is 0 Å². The van der Waals surface area contributed by atoms with Crippen LogP contribution < -0.4 is 15.2 Å². The maximum absolute atomic E-state index is 11.0. The van der Waals surface area contributed by atoms with E-state index in [1.54, 1.807) is 26.0 Å². The second-order valence-electron chi connectivity index (χ2n) is 5.18. The van der Waals surface area contributed by atoms with E-state index in [4.69, 9.17) is 20.3 Å². The fraction of sp³-hybridized carbons (Fsp3) is 0.500. The molecule has 0 aliphatic heterocycles. The standard InChI is InChI=1S/C14H21NO4/c1-9(15)10-5-6-11(12(7-10)18-4)19-8-14(2,3)13(16)17/h5-7,9H,8,15H2,1-4H3,(H,16,17)/t9-/m1/s1. The molecule has 1 aromatic rings. The molecule has 1 atom stereocenters. The van der Waals surface area contributed by atoms with Crippen LogP contribution >= 0.6 is 0 Å². The molecule has 0 amide bonds. The molecule has 0 heterocycles. The average Bonchev–Trinajstić information content (AvgIpc) is 2.35. The van der Waals surface area contributed by atoms with Crippen LogP contribution in [0.4, 0.5) is 0 Å². The number of hydrogen-bond acceptors (Lipinski definition) is 4. The topological polar surface area (TPSA) is 81.8 Å². The van der Waals surface area contributed by atoms with Crippen LogP contribution in [-0.4, -0.2) is 24.8 Å². The molecular weight excluding hydrogens is 246 g/mol. The first-order valence-electron chi connectivity index (χ1n) is 6.07. The summed E-state index contributed by atoms with van der Waals surface area (Å²) < 4.78 is 10.8. The van der Waals surface area contributed by atoms with Gasteiger partial charge in [0.1, 0.15) is 6.61 Å². The van der Waals surface area contributed by atoms with Gasteiger partial charge in [0.15, 0.2) is 11.5 Å². The molecule has 19 heavy (non-hydrogen) atoms. The summed E-state index contributed by atoms with van der Waals surface area (Å²) in [5, 5.41) is 9.03. The molecule has 0 aliphatic rings. The fourth-order valence-electron chi connectivity index (χ4n) is 1.41. The summed E-state index contributed by atoms with van der Waals surface area (Å²) in [7, 11) is 1.54. The molecule has 0 aliphatic carbocycles. The van der Waals surface area contributed by atoms with Crippen molar-refractivity contribution in [2.24, 2.45) is 11.1 Å². The van der Waals surface area contributed by atoms with Crippen LogP contribution in [0.3, 0.4) is 0 Å². The monoisotopic (exact) mass is 267 g/mol. The lowest BCUT2D eigenvalue weighted by Gasteiger charge is -2.21. The van der Waals surface area contributed by atoms with Crippen molar-refractivity contribution in [3.63, 3.8) is 0 Å². The lowest BCUT2D eigenvalue weighted by atomic mass is 9.95. The summed E-state index contributed by atoms with van der Waals surface area (Å²) in [6.07, 6.45) is 0. The van der Waals surface area contributed by atoms with Gasteiger partial charge in [-0.2, -0.15) is 0 Å². The van der Waals surface area contributed by atoms with Gasteiger partial charge in [0.05, 0.1) is 12.5 Å². The molecule has 0 bridgehead atoms. The molecule has 1 rings (SSSR count). The number of aliphatic carboxylic acids is 1. The van der Waals surface area contributed by atoms with Crippen molar-refractivity contribution in [1.29, 1.82) is 0 Å². The summed E-state index contributed by atoms with van der Waals surface area (Å²) in [5.41, 5.74) is 5.77. The highest BCUT2D eigenvalue weighted by Gasteiger charge is 2.28. The van der Waals surface area contributed by atoms with E-state index in [1.807, 2.05) is 13.0 Å². The molecule has 3 N–H and O–H groups in total. The van der Waals surface area contributed by atoms with E-state index in [1.165, 1.54) is 7.11 Å². The lowest BCUT2D eigenvalue weighted by molar-refractivity contribution is -0.148. The van der Waals surface area contributed by atoms with Crippen LogP contribution in [0.1, 0.15) is 32.4 Å². The van der Waals surface area contributed by atoms with Gasteiger partial charge in [0.2, 0.25) is 0 Å². The summed E-state index contributed by atoms with van der Waals surface area (Å²) in [6.45, 7) is 5.16. The fourth-order valence-corrected chi connectivity index (χ4v) is 1.41. The number of benzene rings is 1. The maximum Gasteiger partial charge on any atom is 0.312 e. The van der Waals surface area contributed by atoms with Crippen LogP contribution in [0.2, 0.25) is 0 Å². The number of methoxy groups -OCH3 is 1. The Hall–Kier alpha value is -1.75. The molecule has 0 spiro atoms. The highest BCUT2D eigenvalue weighted by molar-refractivity contribution is 5.73. The van der Waals surface area contributed by atoms with E-state index in [0.29, 0.717) is 11.5 Å². The molecule has 106 valence electrons. The Morgan fingerprint density at radius 1 is 1.42 bits per heavy atom. The number of hydrogen-bond donors (Lipinski definition) is 2. The third kappa shape index (κ3) is 3.86. The van der Waals surface area contributed by atoms with Crippen molar-refractivity contribution in [2.75, 3.05) is 13.7 Å². The Morgan fingerprint density at radius 2 is 2.05 bits per heavy atom. The van der Waals surface area contributed by atoms with Crippen molar-refractivity contribution in [1.82, 2.24) is 0 Å². The van der Waals surface area contributed by atoms with Gasteiger partial charge in [0.25, 0.3) is 0 Å². The second-order valence-corrected chi connectivity index (χ2v) is 5.18. The number of ether oxygens (including phenoxy) is 2. The van der Waals surface area contributed by atoms with Gasteiger partial charge in [-0.25, -0.2) is 0 Å². The van der Waals surface area contributed by atoms with Gasteiger partial charge in [-0.15, -0.1) is 0 Å². The Bertz CT molecular complexity index is 455. The molecule has 0 fully saturated rings. The number of carboxylic acids is 1. The second kappa shape index (κ2) is 5.93. The van der Waals surface area contributed by atoms with Crippen LogP contribution in [0.5, 0.6) is 11.5 Å². The van der Waals surface area contributed by atoms with Crippen molar-refractivity contribution in [3.8, 4) is 11.5 Å². The van der Waals surface area contributed by atoms with Crippen molar-refractivity contribution in [2.45, 2.75) is 26.8 Å². The van der Waals surface area contributed by atoms with Crippen molar-refractivity contribution in [3.05, 3.63) is 23.8 Å². The first-order valence-corrected chi connectivity index (χ1v) is 6.07. The smallest absolute Gasteiger partial charge is 0.312 e. The molecule has 0 unspecified atom stereocenters. The maximum atomic E-state index is 11.0. The zero-order valence-electron chi connectivity index (χ0n) is 11.8. The minimum Gasteiger partial charge on any atom is -0.493 e. The number of carbonyl (C=O) groups is 1. The molecule has 5 nitrogen and oxygen atoms in total. The molecule has 1 aromatic carbocycles. The first-order chi connectivity index (χ1) is 8.77. The van der Waals surface area contributed by atoms with Crippen LogP contribution in [0, 0.1) is 5.41 Å². The molecular formula is C14H21NO4. The van der Waals surface area contributed by atoms with Gasteiger partial charge >= 0.3 is 5.97 Å². The third-order valence-electron chi connectivity index (χ3n) is 2.88. The highest BCUT2D eigenvalue weighted by atomic mass is 16.5. The largest absolute Gasteiger partial charge is 0.493 e. The highest BCUT2D eigenvalue weighted by Crippen LogP contribution is 2.31. The molecule has 0 radical (unpaired) electrons. The Kier molecular flexibility index (Phi) is 4.78. The minimum atomic E-state index is -0.954. The zero-order valence-corrected chi connectivity index (χ0v) is 11.8. The van der Waals surface area contributed by atoms with E-state index < -0.39 is 11.4 Å². The van der Waals surface area contributed by atoms with Crippen molar-refractivity contribution >= 4 is 5.97 Å². The number of carboxylic acid groups (broad SMARTS) is 1. The zero-order chi connectivity index (χ0) is 14.6. The molecule has 0 saturated heterocycles. The summed E-state index contributed by atoms with van der Waals surface area (Å²) in [4.78, 5) is 11.0. The average molecular weight is 267 g/mol. The Balaban J connectivity index is 2.87. The molecule has 0 aromatic heterocycles. The van der Waals surface area contributed by atoms with E-state index in [0.717, 1.165) is 5.56 Å². The predicted molar refractivity (Wildman–Crippen MR) is 72.5 cm³/mol. The first kappa shape index (κ1) is 15.3. The van der Waals surface area contributed by atoms with Gasteiger partial charge < -0.3 is 20.3 Å². The minimum absolute atomic E-state index is 0.0657. The van der Waals surface area contributed by atoms with Gasteiger partial charge in [-0.05, 0) is 38.5 Å². The molecule has 5 heteroatoms. The van der Waals surface area contributed by atoms with Gasteiger partial charge in [0, 0.05) is 6.04 Å². The van der Waals surface area contributed by atoms with Gasteiger partial charge in [-0.1, -0.05) is 6.07 Å². The predicted octanol–water partition coefficient (Wildman–Crippen LogP) is 2.20. The normalized spacial score (nSPS) is 12.9. The SMILES string of the molecule is COc1cc([C@@H](C)N)ccc1OCC(C)(C)C(=O)O. The van der Waals surface area contributed by atoms with Crippen LogP contribution in [-0.2, 0) is 4.79 Å². The number of rotatable bonds is 6.